The molecule has 1 nitrogen and oxygen atoms in total. The predicted octanol–water partition coefficient (Wildman–Crippen LogP) is 4.17. The van der Waals surface area contributed by atoms with Crippen molar-refractivity contribution in [2.24, 2.45) is 0 Å². The number of aryl methyl sites for hydroxylation is 2. The molecule has 15 heavy (non-hydrogen) atoms. The molecule has 0 atom stereocenters. The number of rotatable bonds is 2. The van der Waals surface area contributed by atoms with Crippen LogP contribution in [-0.4, -0.2) is 13.1 Å². The Kier molecular flexibility index (Phi) is 6.07. The molecule has 1 rings (SSSR count). The third-order valence-corrected chi connectivity index (χ3v) is 2.51. The van der Waals surface area contributed by atoms with Crippen molar-refractivity contribution in [3.8, 4) is 0 Å². The first-order valence-corrected chi connectivity index (χ1v) is 5.82. The normalized spacial score (nSPS) is 9.60. The van der Waals surface area contributed by atoms with E-state index < -0.39 is 0 Å². The molecule has 0 aromatic heterocycles. The average Bonchev–Trinajstić information content (AvgIpc) is 2.20. The molecule has 0 saturated carbocycles. The van der Waals surface area contributed by atoms with Gasteiger partial charge in [-0.15, -0.1) is 0 Å². The van der Waals surface area contributed by atoms with Crippen LogP contribution in [0.1, 0.15) is 38.8 Å². The van der Waals surface area contributed by atoms with Crippen molar-refractivity contribution in [3.63, 3.8) is 0 Å². The molecule has 0 aliphatic rings. The Bertz CT molecular complexity index is 289. The number of hydrogen-bond acceptors (Lipinski definition) is 1. The Morgan fingerprint density at radius 2 is 1.60 bits per heavy atom. The van der Waals surface area contributed by atoms with E-state index in [0.717, 1.165) is 0 Å². The summed E-state index contributed by atoms with van der Waals surface area (Å²) in [6.45, 7) is 12.7. The predicted molar refractivity (Wildman–Crippen MR) is 70.8 cm³/mol. The van der Waals surface area contributed by atoms with E-state index in [2.05, 4.69) is 57.8 Å². The topological polar surface area (TPSA) is 3.24 Å². The van der Waals surface area contributed by atoms with Crippen LogP contribution in [0.4, 0.5) is 5.69 Å². The highest BCUT2D eigenvalue weighted by Gasteiger charge is 2.06. The minimum atomic E-state index is 0.557. The Morgan fingerprint density at radius 1 is 1.07 bits per heavy atom. The third kappa shape index (κ3) is 3.94. The fourth-order valence-corrected chi connectivity index (χ4v) is 1.48. The van der Waals surface area contributed by atoms with Crippen molar-refractivity contribution < 1.29 is 0 Å². The van der Waals surface area contributed by atoms with Crippen LogP contribution >= 0.6 is 0 Å². The van der Waals surface area contributed by atoms with Crippen molar-refractivity contribution in [2.45, 2.75) is 47.6 Å². The molecule has 0 saturated heterocycles. The number of hydrogen-bond donors (Lipinski definition) is 0. The van der Waals surface area contributed by atoms with Crippen molar-refractivity contribution >= 4 is 5.69 Å². The van der Waals surface area contributed by atoms with Gasteiger partial charge in [0.15, 0.2) is 0 Å². The van der Waals surface area contributed by atoms with E-state index in [-0.39, 0.29) is 0 Å². The van der Waals surface area contributed by atoms with Gasteiger partial charge in [-0.1, -0.05) is 31.5 Å². The van der Waals surface area contributed by atoms with Gasteiger partial charge in [0.2, 0.25) is 0 Å². The highest BCUT2D eigenvalue weighted by atomic mass is 15.1. The van der Waals surface area contributed by atoms with E-state index in [1.165, 1.54) is 16.8 Å². The molecule has 0 aliphatic heterocycles. The van der Waals surface area contributed by atoms with Gasteiger partial charge in [-0.25, -0.2) is 0 Å². The maximum atomic E-state index is 2.30. The second-order valence-corrected chi connectivity index (χ2v) is 3.99. The molecule has 0 N–H and O–H groups in total. The van der Waals surface area contributed by atoms with Crippen molar-refractivity contribution in [2.75, 3.05) is 11.9 Å². The quantitative estimate of drug-likeness (QED) is 0.703. The summed E-state index contributed by atoms with van der Waals surface area (Å²) in [6, 6.07) is 7.15. The van der Waals surface area contributed by atoms with Crippen LogP contribution in [0.2, 0.25) is 0 Å². The van der Waals surface area contributed by atoms with Gasteiger partial charge in [0.25, 0.3) is 0 Å². The Labute approximate surface area is 95.1 Å². The van der Waals surface area contributed by atoms with E-state index in [4.69, 9.17) is 0 Å². The fraction of sp³-hybridized carbons (Fsp3) is 0.571. The molecule has 86 valence electrons. The second-order valence-electron chi connectivity index (χ2n) is 3.99. The summed E-state index contributed by atoms with van der Waals surface area (Å²) in [5.41, 5.74) is 4.02. The summed E-state index contributed by atoms with van der Waals surface area (Å²) in [4.78, 5) is 2.30. The fourth-order valence-electron chi connectivity index (χ4n) is 1.48. The first-order valence-electron chi connectivity index (χ1n) is 5.82. The Morgan fingerprint density at radius 3 is 2.00 bits per heavy atom. The lowest BCUT2D eigenvalue weighted by Crippen LogP contribution is -2.26. The first kappa shape index (κ1) is 14.0. The smallest absolute Gasteiger partial charge is 0.0395 e. The summed E-state index contributed by atoms with van der Waals surface area (Å²) in [5.74, 6) is 0. The van der Waals surface area contributed by atoms with Crippen LogP contribution in [0.5, 0.6) is 0 Å². The third-order valence-electron chi connectivity index (χ3n) is 2.51. The van der Waals surface area contributed by atoms with Crippen LogP contribution in [0.3, 0.4) is 0 Å². The molecular weight excluding hydrogens is 182 g/mol. The molecule has 0 radical (unpaired) electrons. The van der Waals surface area contributed by atoms with E-state index in [0.29, 0.717) is 6.04 Å². The lowest BCUT2D eigenvalue weighted by Gasteiger charge is -2.25. The zero-order valence-electron chi connectivity index (χ0n) is 11.3. The molecule has 0 fully saturated rings. The number of nitrogens with zero attached hydrogens (tertiary/aromatic N) is 1. The maximum absolute atomic E-state index is 2.30. The van der Waals surface area contributed by atoms with Gasteiger partial charge in [-0.3, -0.25) is 0 Å². The Hall–Kier alpha value is -0.980. The van der Waals surface area contributed by atoms with Crippen LogP contribution in [0.15, 0.2) is 18.2 Å². The Balaban J connectivity index is 0.000000921. The lowest BCUT2D eigenvalue weighted by atomic mass is 10.1. The van der Waals surface area contributed by atoms with E-state index >= 15 is 0 Å². The largest absolute Gasteiger partial charge is 0.372 e. The second kappa shape index (κ2) is 6.49. The average molecular weight is 207 g/mol. The molecule has 0 heterocycles. The molecule has 1 heteroatoms. The van der Waals surface area contributed by atoms with Crippen molar-refractivity contribution in [1.29, 1.82) is 0 Å². The van der Waals surface area contributed by atoms with E-state index in [9.17, 15) is 0 Å². The van der Waals surface area contributed by atoms with Crippen molar-refractivity contribution in [1.82, 2.24) is 0 Å². The standard InChI is InChI=1S/C12H19N.C2H6/c1-9(2)13(5)12-7-6-10(3)8-11(12)4;1-2/h6-9H,1-5H3;1-2H3. The zero-order valence-corrected chi connectivity index (χ0v) is 11.3. The molecule has 0 unspecified atom stereocenters. The van der Waals surface area contributed by atoms with Crippen LogP contribution < -0.4 is 4.90 Å². The van der Waals surface area contributed by atoms with Crippen LogP contribution in [-0.2, 0) is 0 Å². The monoisotopic (exact) mass is 207 g/mol. The zero-order chi connectivity index (χ0) is 12.0. The van der Waals surface area contributed by atoms with Gasteiger partial charge in [0, 0.05) is 18.8 Å². The minimum absolute atomic E-state index is 0.557. The summed E-state index contributed by atoms with van der Waals surface area (Å²) in [5, 5.41) is 0. The van der Waals surface area contributed by atoms with Gasteiger partial charge in [0.05, 0.1) is 0 Å². The van der Waals surface area contributed by atoms with E-state index in [1.807, 2.05) is 13.8 Å². The summed E-state index contributed by atoms with van der Waals surface area (Å²) in [7, 11) is 2.14. The van der Waals surface area contributed by atoms with Gasteiger partial charge in [0.1, 0.15) is 0 Å². The molecule has 0 bridgehead atoms. The summed E-state index contributed by atoms with van der Waals surface area (Å²) in [6.07, 6.45) is 0. The molecule has 0 aliphatic carbocycles. The van der Waals surface area contributed by atoms with Gasteiger partial charge < -0.3 is 4.90 Å². The SMILES string of the molecule is CC.Cc1ccc(N(C)C(C)C)c(C)c1. The molecular formula is C14H25N. The minimum Gasteiger partial charge on any atom is -0.372 e. The molecule has 0 spiro atoms. The number of benzene rings is 1. The molecule has 1 aromatic carbocycles. The van der Waals surface area contributed by atoms with E-state index in [1.54, 1.807) is 0 Å². The highest BCUT2D eigenvalue weighted by molar-refractivity contribution is 5.54. The highest BCUT2D eigenvalue weighted by Crippen LogP contribution is 2.21. The molecule has 1 aromatic rings. The number of anilines is 1. The summed E-state index contributed by atoms with van der Waals surface area (Å²) < 4.78 is 0. The molecule has 0 amide bonds. The van der Waals surface area contributed by atoms with Gasteiger partial charge >= 0.3 is 0 Å². The van der Waals surface area contributed by atoms with Crippen LogP contribution in [0, 0.1) is 13.8 Å². The lowest BCUT2D eigenvalue weighted by molar-refractivity contribution is 0.752. The first-order chi connectivity index (χ1) is 7.02. The summed E-state index contributed by atoms with van der Waals surface area (Å²) >= 11 is 0. The van der Waals surface area contributed by atoms with Gasteiger partial charge in [-0.2, -0.15) is 0 Å². The van der Waals surface area contributed by atoms with Crippen molar-refractivity contribution in [3.05, 3.63) is 29.3 Å². The van der Waals surface area contributed by atoms with Gasteiger partial charge in [-0.05, 0) is 39.3 Å². The van der Waals surface area contributed by atoms with Crippen LogP contribution in [0.25, 0.3) is 0 Å². The maximum Gasteiger partial charge on any atom is 0.0395 e.